The van der Waals surface area contributed by atoms with Gasteiger partial charge in [0.2, 0.25) is 0 Å². The van der Waals surface area contributed by atoms with Crippen LogP contribution < -0.4 is 5.73 Å². The first-order chi connectivity index (χ1) is 4.75. The number of carbonyl (C=O) groups excluding carboxylic acids is 2. The molecule has 1 saturated heterocycles. The molecule has 2 amide bonds. The Morgan fingerprint density at radius 3 is 2.55 bits per heavy atom. The molecule has 1 fully saturated rings. The van der Waals surface area contributed by atoms with Gasteiger partial charge in [0.1, 0.15) is 0 Å². The molecule has 64 valence electrons. The fourth-order valence-electron chi connectivity index (χ4n) is 0.726. The number of hydrogen-bond donors (Lipinski definition) is 1. The van der Waals surface area contributed by atoms with E-state index in [1.54, 1.807) is 0 Å². The average Bonchev–Trinajstić information content (AvgIpc) is 2.20. The van der Waals surface area contributed by atoms with Gasteiger partial charge in [0.05, 0.1) is 0 Å². The van der Waals surface area contributed by atoms with E-state index >= 15 is 0 Å². The minimum atomic E-state index is -0.588. The van der Waals surface area contributed by atoms with Crippen LogP contribution in [-0.4, -0.2) is 36.6 Å². The van der Waals surface area contributed by atoms with E-state index in [2.05, 4.69) is 4.74 Å². The zero-order chi connectivity index (χ0) is 7.56. The number of carbonyl (C=O) groups is 2. The predicted octanol–water partition coefficient (Wildman–Crippen LogP) is -0.654. The SMILES string of the molecule is Cl.NCCN1C(=O)COC1=O. The Kier molecular flexibility index (Phi) is 3.84. The molecule has 0 aromatic heterocycles. The molecule has 5 nitrogen and oxygen atoms in total. The minimum Gasteiger partial charge on any atom is -0.439 e. The first kappa shape index (κ1) is 10.2. The maximum Gasteiger partial charge on any atom is 0.417 e. The topological polar surface area (TPSA) is 72.6 Å². The lowest BCUT2D eigenvalue weighted by molar-refractivity contribution is -0.125. The summed E-state index contributed by atoms with van der Waals surface area (Å²) in [6.07, 6.45) is -0.588. The summed E-state index contributed by atoms with van der Waals surface area (Å²) in [5.41, 5.74) is 5.13. The number of cyclic esters (lactones) is 1. The van der Waals surface area contributed by atoms with E-state index < -0.39 is 6.09 Å². The molecule has 0 atom stereocenters. The van der Waals surface area contributed by atoms with E-state index in [4.69, 9.17) is 5.73 Å². The third kappa shape index (κ3) is 2.06. The van der Waals surface area contributed by atoms with Crippen LogP contribution in [0.5, 0.6) is 0 Å². The highest BCUT2D eigenvalue weighted by molar-refractivity contribution is 5.97. The predicted molar refractivity (Wildman–Crippen MR) is 39.4 cm³/mol. The molecule has 1 aliphatic heterocycles. The quantitative estimate of drug-likeness (QED) is 0.613. The van der Waals surface area contributed by atoms with E-state index in [0.29, 0.717) is 0 Å². The number of ether oxygens (including phenoxy) is 1. The second kappa shape index (κ2) is 4.15. The van der Waals surface area contributed by atoms with Crippen LogP contribution in [0.25, 0.3) is 0 Å². The van der Waals surface area contributed by atoms with Gasteiger partial charge in [-0.2, -0.15) is 0 Å². The van der Waals surface area contributed by atoms with Crippen LogP contribution in [0.4, 0.5) is 4.79 Å². The smallest absolute Gasteiger partial charge is 0.417 e. The Labute approximate surface area is 69.9 Å². The molecule has 0 bridgehead atoms. The molecule has 1 aliphatic rings. The molecule has 2 N–H and O–H groups in total. The molecule has 0 unspecified atom stereocenters. The van der Waals surface area contributed by atoms with Crippen LogP contribution in [0.15, 0.2) is 0 Å². The molecule has 1 rings (SSSR count). The largest absolute Gasteiger partial charge is 0.439 e. The third-order valence-electron chi connectivity index (χ3n) is 1.19. The van der Waals surface area contributed by atoms with Crippen molar-refractivity contribution in [3.63, 3.8) is 0 Å². The van der Waals surface area contributed by atoms with Crippen LogP contribution >= 0.6 is 12.4 Å². The molecular weight excluding hydrogens is 172 g/mol. The van der Waals surface area contributed by atoms with Crippen molar-refractivity contribution in [3.05, 3.63) is 0 Å². The fourth-order valence-corrected chi connectivity index (χ4v) is 0.726. The maximum atomic E-state index is 10.7. The monoisotopic (exact) mass is 180 g/mol. The van der Waals surface area contributed by atoms with E-state index in [1.807, 2.05) is 0 Å². The summed E-state index contributed by atoms with van der Waals surface area (Å²) in [7, 11) is 0. The Balaban J connectivity index is 0.000001000. The molecule has 0 aromatic carbocycles. The molecule has 11 heavy (non-hydrogen) atoms. The van der Waals surface area contributed by atoms with Crippen LogP contribution in [0.2, 0.25) is 0 Å². The normalized spacial score (nSPS) is 16.3. The average molecular weight is 181 g/mol. The van der Waals surface area contributed by atoms with Gasteiger partial charge in [-0.15, -0.1) is 12.4 Å². The first-order valence-electron chi connectivity index (χ1n) is 2.93. The van der Waals surface area contributed by atoms with Crippen molar-refractivity contribution in [1.82, 2.24) is 4.90 Å². The van der Waals surface area contributed by atoms with Crippen molar-refractivity contribution in [1.29, 1.82) is 0 Å². The second-order valence-electron chi connectivity index (χ2n) is 1.89. The number of rotatable bonds is 2. The van der Waals surface area contributed by atoms with Gasteiger partial charge >= 0.3 is 6.09 Å². The number of imide groups is 1. The van der Waals surface area contributed by atoms with E-state index in [-0.39, 0.29) is 38.0 Å². The fraction of sp³-hybridized carbons (Fsp3) is 0.600. The van der Waals surface area contributed by atoms with E-state index in [0.717, 1.165) is 4.90 Å². The van der Waals surface area contributed by atoms with Crippen molar-refractivity contribution in [2.75, 3.05) is 19.7 Å². The zero-order valence-corrected chi connectivity index (χ0v) is 6.60. The van der Waals surface area contributed by atoms with Gasteiger partial charge in [0.15, 0.2) is 6.61 Å². The van der Waals surface area contributed by atoms with Crippen molar-refractivity contribution < 1.29 is 14.3 Å². The first-order valence-corrected chi connectivity index (χ1v) is 2.93. The highest BCUT2D eigenvalue weighted by Crippen LogP contribution is 2.02. The van der Waals surface area contributed by atoms with E-state index in [1.165, 1.54) is 0 Å². The van der Waals surface area contributed by atoms with Gasteiger partial charge in [-0.05, 0) is 0 Å². The summed E-state index contributed by atoms with van der Waals surface area (Å²) in [5.74, 6) is -0.310. The van der Waals surface area contributed by atoms with Crippen LogP contribution in [-0.2, 0) is 9.53 Å². The summed E-state index contributed by atoms with van der Waals surface area (Å²) >= 11 is 0. The van der Waals surface area contributed by atoms with Crippen LogP contribution in [0, 0.1) is 0 Å². The van der Waals surface area contributed by atoms with Crippen molar-refractivity contribution in [2.24, 2.45) is 5.73 Å². The summed E-state index contributed by atoms with van der Waals surface area (Å²) in [5, 5.41) is 0. The Morgan fingerprint density at radius 1 is 1.55 bits per heavy atom. The van der Waals surface area contributed by atoms with Gasteiger partial charge in [-0.1, -0.05) is 0 Å². The second-order valence-corrected chi connectivity index (χ2v) is 1.89. The number of halogens is 1. The molecular formula is C5H9ClN2O3. The van der Waals surface area contributed by atoms with Crippen LogP contribution in [0.1, 0.15) is 0 Å². The standard InChI is InChI=1S/C5H8N2O3.ClH/c6-1-2-7-4(8)3-10-5(7)9;/h1-3,6H2;1H. The molecule has 0 aliphatic carbocycles. The van der Waals surface area contributed by atoms with Gasteiger partial charge in [-0.25, -0.2) is 9.69 Å². The zero-order valence-electron chi connectivity index (χ0n) is 5.78. The lowest BCUT2D eigenvalue weighted by Crippen LogP contribution is -2.33. The van der Waals surface area contributed by atoms with Gasteiger partial charge < -0.3 is 10.5 Å². The highest BCUT2D eigenvalue weighted by Gasteiger charge is 2.29. The lowest BCUT2D eigenvalue weighted by Gasteiger charge is -2.06. The molecule has 6 heteroatoms. The Bertz CT molecular complexity index is 157. The van der Waals surface area contributed by atoms with Gasteiger partial charge in [0.25, 0.3) is 5.91 Å². The Morgan fingerprint density at radius 2 is 2.18 bits per heavy atom. The van der Waals surface area contributed by atoms with Gasteiger partial charge in [0, 0.05) is 13.1 Å². The Hall–Kier alpha value is -0.810. The van der Waals surface area contributed by atoms with Crippen molar-refractivity contribution >= 4 is 24.4 Å². The lowest BCUT2D eigenvalue weighted by atomic mass is 10.5. The molecule has 0 spiro atoms. The number of nitrogens with two attached hydrogens (primary N) is 1. The summed E-state index contributed by atoms with van der Waals surface area (Å²) in [4.78, 5) is 22.3. The number of hydrogen-bond acceptors (Lipinski definition) is 4. The van der Waals surface area contributed by atoms with Crippen molar-refractivity contribution in [2.45, 2.75) is 0 Å². The molecule has 0 saturated carbocycles. The number of amides is 2. The summed E-state index contributed by atoms with van der Waals surface area (Å²) in [6.45, 7) is 0.386. The summed E-state index contributed by atoms with van der Waals surface area (Å²) in [6, 6.07) is 0. The summed E-state index contributed by atoms with van der Waals surface area (Å²) < 4.78 is 4.41. The van der Waals surface area contributed by atoms with Crippen molar-refractivity contribution in [3.8, 4) is 0 Å². The van der Waals surface area contributed by atoms with Crippen LogP contribution in [0.3, 0.4) is 0 Å². The maximum absolute atomic E-state index is 10.7. The number of nitrogens with zero attached hydrogens (tertiary/aromatic N) is 1. The van der Waals surface area contributed by atoms with Gasteiger partial charge in [-0.3, -0.25) is 4.79 Å². The molecule has 1 heterocycles. The molecule has 0 aromatic rings. The molecule has 0 radical (unpaired) electrons. The third-order valence-corrected chi connectivity index (χ3v) is 1.19. The van der Waals surface area contributed by atoms with E-state index in [9.17, 15) is 9.59 Å². The minimum absolute atomic E-state index is 0. The highest BCUT2D eigenvalue weighted by atomic mass is 35.5.